The first-order valence-corrected chi connectivity index (χ1v) is 10.3. The smallest absolute Gasteiger partial charge is 0.331 e. The van der Waals surface area contributed by atoms with Crippen molar-refractivity contribution in [2.24, 2.45) is 0 Å². The highest BCUT2D eigenvalue weighted by molar-refractivity contribution is 5.89. The Labute approximate surface area is 187 Å². The molecule has 8 nitrogen and oxygen atoms in total. The standard InChI is InChI=1S/C24H28N2O6/c1-29-20-7-5-4-6-19(20)25-12-14-26(15-13-25)23(27)17-32-24(28)11-9-18-8-10-21(30-2)22(16-18)31-3/h4-11,16H,12-15,17H2,1-3H3. The number of para-hydroxylation sites is 2. The molecule has 0 bridgehead atoms. The van der Waals surface area contributed by atoms with Gasteiger partial charge in [0.2, 0.25) is 0 Å². The zero-order valence-corrected chi connectivity index (χ0v) is 18.6. The zero-order chi connectivity index (χ0) is 22.9. The van der Waals surface area contributed by atoms with E-state index < -0.39 is 5.97 Å². The monoisotopic (exact) mass is 440 g/mol. The molecule has 1 heterocycles. The summed E-state index contributed by atoms with van der Waals surface area (Å²) in [5.41, 5.74) is 1.76. The van der Waals surface area contributed by atoms with Gasteiger partial charge in [-0.15, -0.1) is 0 Å². The van der Waals surface area contributed by atoms with E-state index in [1.54, 1.807) is 50.5 Å². The highest BCUT2D eigenvalue weighted by atomic mass is 16.5. The Kier molecular flexibility index (Phi) is 7.96. The number of ether oxygens (including phenoxy) is 4. The van der Waals surface area contributed by atoms with Gasteiger partial charge in [0, 0.05) is 32.3 Å². The summed E-state index contributed by atoms with van der Waals surface area (Å²) in [6.07, 6.45) is 2.88. The summed E-state index contributed by atoms with van der Waals surface area (Å²) in [6, 6.07) is 13.1. The molecule has 1 amide bonds. The lowest BCUT2D eigenvalue weighted by Crippen LogP contribution is -2.50. The molecule has 170 valence electrons. The van der Waals surface area contributed by atoms with Crippen molar-refractivity contribution in [3.05, 3.63) is 54.1 Å². The van der Waals surface area contributed by atoms with Gasteiger partial charge >= 0.3 is 5.97 Å². The molecule has 0 radical (unpaired) electrons. The van der Waals surface area contributed by atoms with Crippen molar-refractivity contribution in [2.45, 2.75) is 0 Å². The maximum absolute atomic E-state index is 12.4. The summed E-state index contributed by atoms with van der Waals surface area (Å²) < 4.78 is 21.0. The third kappa shape index (κ3) is 5.72. The molecule has 0 N–H and O–H groups in total. The van der Waals surface area contributed by atoms with E-state index in [1.807, 2.05) is 24.3 Å². The van der Waals surface area contributed by atoms with Gasteiger partial charge in [0.25, 0.3) is 5.91 Å². The average molecular weight is 440 g/mol. The molecule has 1 fully saturated rings. The Hall–Kier alpha value is -3.68. The van der Waals surface area contributed by atoms with Crippen molar-refractivity contribution in [1.29, 1.82) is 0 Å². The first kappa shape index (κ1) is 23.0. The molecule has 1 saturated heterocycles. The topological polar surface area (TPSA) is 77.5 Å². The van der Waals surface area contributed by atoms with E-state index >= 15 is 0 Å². The molecule has 8 heteroatoms. The number of hydrogen-bond donors (Lipinski definition) is 0. The SMILES string of the molecule is COc1ccc(C=CC(=O)OCC(=O)N2CCN(c3ccccc3OC)CC2)cc1OC. The van der Waals surface area contributed by atoms with Crippen molar-refractivity contribution in [2.75, 3.05) is 59.0 Å². The third-order valence-corrected chi connectivity index (χ3v) is 5.22. The van der Waals surface area contributed by atoms with Crippen LogP contribution >= 0.6 is 0 Å². The summed E-state index contributed by atoms with van der Waals surface area (Å²) in [7, 11) is 4.74. The lowest BCUT2D eigenvalue weighted by molar-refractivity contribution is -0.148. The van der Waals surface area contributed by atoms with Crippen LogP contribution < -0.4 is 19.1 Å². The molecule has 0 unspecified atom stereocenters. The molecular formula is C24H28N2O6. The molecule has 0 saturated carbocycles. The summed E-state index contributed by atoms with van der Waals surface area (Å²) in [4.78, 5) is 28.4. The molecule has 0 atom stereocenters. The maximum Gasteiger partial charge on any atom is 0.331 e. The van der Waals surface area contributed by atoms with Gasteiger partial charge in [0.05, 0.1) is 27.0 Å². The van der Waals surface area contributed by atoms with E-state index in [-0.39, 0.29) is 12.5 Å². The Bertz CT molecular complexity index is 967. The summed E-state index contributed by atoms with van der Waals surface area (Å²) in [5.74, 6) is 1.18. The van der Waals surface area contributed by atoms with Crippen LogP contribution in [0.5, 0.6) is 17.2 Å². The van der Waals surface area contributed by atoms with Crippen molar-refractivity contribution in [1.82, 2.24) is 4.90 Å². The minimum atomic E-state index is -0.583. The molecule has 32 heavy (non-hydrogen) atoms. The molecule has 0 spiro atoms. The number of esters is 1. The van der Waals surface area contributed by atoms with Crippen molar-refractivity contribution in [3.8, 4) is 17.2 Å². The fourth-order valence-corrected chi connectivity index (χ4v) is 3.48. The van der Waals surface area contributed by atoms with Crippen LogP contribution in [-0.2, 0) is 14.3 Å². The highest BCUT2D eigenvalue weighted by Gasteiger charge is 2.23. The second kappa shape index (κ2) is 11.1. The number of hydrogen-bond acceptors (Lipinski definition) is 7. The van der Waals surface area contributed by atoms with Gasteiger partial charge in [0.15, 0.2) is 18.1 Å². The molecule has 1 aliphatic rings. The van der Waals surface area contributed by atoms with Crippen LogP contribution in [0, 0.1) is 0 Å². The first-order valence-electron chi connectivity index (χ1n) is 10.3. The number of piperazine rings is 1. The number of rotatable bonds is 8. The summed E-state index contributed by atoms with van der Waals surface area (Å²) in [5, 5.41) is 0. The van der Waals surface area contributed by atoms with Crippen LogP contribution in [0.15, 0.2) is 48.5 Å². The molecule has 2 aromatic rings. The fourth-order valence-electron chi connectivity index (χ4n) is 3.48. The van der Waals surface area contributed by atoms with E-state index in [0.717, 1.165) is 17.0 Å². The fraction of sp³-hybridized carbons (Fsp3) is 0.333. The summed E-state index contributed by atoms with van der Waals surface area (Å²) in [6.45, 7) is 2.17. The van der Waals surface area contributed by atoms with Gasteiger partial charge in [-0.2, -0.15) is 0 Å². The number of amides is 1. The minimum Gasteiger partial charge on any atom is -0.495 e. The van der Waals surface area contributed by atoms with Crippen LogP contribution in [0.25, 0.3) is 6.08 Å². The Morgan fingerprint density at radius 1 is 0.875 bits per heavy atom. The van der Waals surface area contributed by atoms with E-state index in [0.29, 0.717) is 37.7 Å². The number of carbonyl (C=O) groups excluding carboxylic acids is 2. The van der Waals surface area contributed by atoms with Gasteiger partial charge in [-0.25, -0.2) is 4.79 Å². The van der Waals surface area contributed by atoms with Crippen LogP contribution in [0.2, 0.25) is 0 Å². The molecule has 0 aromatic heterocycles. The van der Waals surface area contributed by atoms with E-state index in [9.17, 15) is 9.59 Å². The minimum absolute atomic E-state index is 0.211. The van der Waals surface area contributed by atoms with Gasteiger partial charge < -0.3 is 28.7 Å². The lowest BCUT2D eigenvalue weighted by Gasteiger charge is -2.36. The van der Waals surface area contributed by atoms with Crippen molar-refractivity contribution in [3.63, 3.8) is 0 Å². The van der Waals surface area contributed by atoms with Gasteiger partial charge in [-0.1, -0.05) is 18.2 Å². The number of methoxy groups -OCH3 is 3. The molecule has 2 aromatic carbocycles. The average Bonchev–Trinajstić information content (AvgIpc) is 2.85. The Balaban J connectivity index is 1.47. The number of nitrogens with zero attached hydrogens (tertiary/aromatic N) is 2. The van der Waals surface area contributed by atoms with Crippen LogP contribution in [0.1, 0.15) is 5.56 Å². The predicted molar refractivity (Wildman–Crippen MR) is 121 cm³/mol. The second-order valence-electron chi connectivity index (χ2n) is 7.10. The Morgan fingerprint density at radius 2 is 1.56 bits per heavy atom. The van der Waals surface area contributed by atoms with E-state index in [4.69, 9.17) is 18.9 Å². The van der Waals surface area contributed by atoms with Crippen molar-refractivity contribution < 1.29 is 28.5 Å². The normalized spacial score (nSPS) is 13.7. The van der Waals surface area contributed by atoms with Crippen molar-refractivity contribution >= 4 is 23.6 Å². The second-order valence-corrected chi connectivity index (χ2v) is 7.10. The van der Waals surface area contributed by atoms with Gasteiger partial charge in [0.1, 0.15) is 5.75 Å². The lowest BCUT2D eigenvalue weighted by atomic mass is 10.2. The molecular weight excluding hydrogens is 412 g/mol. The summed E-state index contributed by atoms with van der Waals surface area (Å²) >= 11 is 0. The predicted octanol–water partition coefficient (Wildman–Crippen LogP) is 2.62. The number of benzene rings is 2. The Morgan fingerprint density at radius 3 is 2.25 bits per heavy atom. The third-order valence-electron chi connectivity index (χ3n) is 5.22. The molecule has 1 aliphatic heterocycles. The molecule has 0 aliphatic carbocycles. The van der Waals surface area contributed by atoms with Crippen LogP contribution in [-0.4, -0.2) is 70.9 Å². The van der Waals surface area contributed by atoms with Crippen LogP contribution in [0.3, 0.4) is 0 Å². The maximum atomic E-state index is 12.4. The number of carbonyl (C=O) groups is 2. The van der Waals surface area contributed by atoms with E-state index in [2.05, 4.69) is 4.90 Å². The van der Waals surface area contributed by atoms with Crippen LogP contribution in [0.4, 0.5) is 5.69 Å². The highest BCUT2D eigenvalue weighted by Crippen LogP contribution is 2.29. The molecule has 3 rings (SSSR count). The van der Waals surface area contributed by atoms with Gasteiger partial charge in [-0.3, -0.25) is 4.79 Å². The first-order chi connectivity index (χ1) is 15.5. The van der Waals surface area contributed by atoms with Gasteiger partial charge in [-0.05, 0) is 35.9 Å². The van der Waals surface area contributed by atoms with E-state index in [1.165, 1.54) is 6.08 Å². The number of anilines is 1. The quantitative estimate of drug-likeness (QED) is 0.461. The largest absolute Gasteiger partial charge is 0.495 e. The zero-order valence-electron chi connectivity index (χ0n) is 18.6.